The standard InChI is InChI=1S/C16H20N2O2/c1-4-18-9-14(17)8-15(18)16(19)20-10-13-7-11(2)5-6-12(13)3/h5-9H,4,10,17H2,1-3H3. The van der Waals surface area contributed by atoms with Gasteiger partial charge in [0.15, 0.2) is 0 Å². The number of esters is 1. The van der Waals surface area contributed by atoms with Crippen LogP contribution in [0.25, 0.3) is 0 Å². The Labute approximate surface area is 119 Å². The molecule has 106 valence electrons. The molecule has 2 aromatic rings. The Morgan fingerprint density at radius 3 is 2.75 bits per heavy atom. The first-order valence-corrected chi connectivity index (χ1v) is 6.70. The summed E-state index contributed by atoms with van der Waals surface area (Å²) in [6.07, 6.45) is 1.74. The van der Waals surface area contributed by atoms with Crippen molar-refractivity contribution in [2.75, 3.05) is 5.73 Å². The van der Waals surface area contributed by atoms with E-state index >= 15 is 0 Å². The number of aromatic nitrogens is 1. The molecule has 2 N–H and O–H groups in total. The van der Waals surface area contributed by atoms with Gasteiger partial charge in [-0.3, -0.25) is 0 Å². The average molecular weight is 272 g/mol. The molecule has 0 saturated carbocycles. The molecule has 0 aliphatic carbocycles. The number of rotatable bonds is 4. The SMILES string of the molecule is CCn1cc(N)cc1C(=O)OCc1cc(C)ccc1C. The van der Waals surface area contributed by atoms with E-state index in [2.05, 4.69) is 0 Å². The second-order valence-electron chi connectivity index (χ2n) is 4.95. The molecule has 1 aromatic heterocycles. The van der Waals surface area contributed by atoms with E-state index < -0.39 is 0 Å². The highest BCUT2D eigenvalue weighted by molar-refractivity contribution is 5.89. The van der Waals surface area contributed by atoms with E-state index in [4.69, 9.17) is 10.5 Å². The van der Waals surface area contributed by atoms with Crippen LogP contribution in [-0.2, 0) is 17.9 Å². The first-order valence-electron chi connectivity index (χ1n) is 6.70. The second kappa shape index (κ2) is 5.82. The number of nitrogen functional groups attached to an aromatic ring is 1. The number of aryl methyl sites for hydroxylation is 3. The molecule has 1 heterocycles. The molecule has 2 rings (SSSR count). The predicted octanol–water partition coefficient (Wildman–Crippen LogP) is 3.06. The summed E-state index contributed by atoms with van der Waals surface area (Å²) < 4.78 is 7.18. The zero-order chi connectivity index (χ0) is 14.7. The number of anilines is 1. The van der Waals surface area contributed by atoms with Crippen LogP contribution in [0.5, 0.6) is 0 Å². The van der Waals surface area contributed by atoms with Crippen LogP contribution in [0.1, 0.15) is 34.1 Å². The van der Waals surface area contributed by atoms with Crippen molar-refractivity contribution in [2.45, 2.75) is 33.9 Å². The highest BCUT2D eigenvalue weighted by atomic mass is 16.5. The molecular formula is C16H20N2O2. The summed E-state index contributed by atoms with van der Waals surface area (Å²) >= 11 is 0. The first-order chi connectivity index (χ1) is 9.51. The van der Waals surface area contributed by atoms with E-state index in [-0.39, 0.29) is 12.6 Å². The van der Waals surface area contributed by atoms with Crippen LogP contribution in [0, 0.1) is 13.8 Å². The Hall–Kier alpha value is -2.23. The number of ether oxygens (including phenoxy) is 1. The molecule has 0 aliphatic rings. The molecule has 4 heteroatoms. The number of carbonyl (C=O) groups is 1. The van der Waals surface area contributed by atoms with Crippen LogP contribution in [0.15, 0.2) is 30.5 Å². The molecule has 20 heavy (non-hydrogen) atoms. The van der Waals surface area contributed by atoms with Crippen molar-refractivity contribution in [1.82, 2.24) is 4.57 Å². The zero-order valence-corrected chi connectivity index (χ0v) is 12.1. The maximum atomic E-state index is 12.1. The van der Waals surface area contributed by atoms with Crippen molar-refractivity contribution in [3.8, 4) is 0 Å². The van der Waals surface area contributed by atoms with Crippen LogP contribution >= 0.6 is 0 Å². The van der Waals surface area contributed by atoms with Crippen LogP contribution in [-0.4, -0.2) is 10.5 Å². The van der Waals surface area contributed by atoms with E-state index in [0.717, 1.165) is 16.7 Å². The van der Waals surface area contributed by atoms with Crippen molar-refractivity contribution in [1.29, 1.82) is 0 Å². The maximum absolute atomic E-state index is 12.1. The summed E-state index contributed by atoms with van der Waals surface area (Å²) in [5, 5.41) is 0. The van der Waals surface area contributed by atoms with E-state index in [1.807, 2.05) is 39.0 Å². The van der Waals surface area contributed by atoms with Gasteiger partial charge in [0, 0.05) is 12.7 Å². The lowest BCUT2D eigenvalue weighted by atomic mass is 10.1. The predicted molar refractivity (Wildman–Crippen MR) is 79.6 cm³/mol. The fourth-order valence-corrected chi connectivity index (χ4v) is 2.14. The number of nitrogens with zero attached hydrogens (tertiary/aromatic N) is 1. The minimum Gasteiger partial charge on any atom is -0.456 e. The minimum absolute atomic E-state index is 0.279. The monoisotopic (exact) mass is 272 g/mol. The van der Waals surface area contributed by atoms with Gasteiger partial charge in [-0.25, -0.2) is 4.79 Å². The molecular weight excluding hydrogens is 252 g/mol. The van der Waals surface area contributed by atoms with Gasteiger partial charge in [0.1, 0.15) is 12.3 Å². The molecule has 4 nitrogen and oxygen atoms in total. The van der Waals surface area contributed by atoms with Crippen LogP contribution in [0.3, 0.4) is 0 Å². The molecule has 0 radical (unpaired) electrons. The quantitative estimate of drug-likeness (QED) is 0.870. The molecule has 0 unspecified atom stereocenters. The fourth-order valence-electron chi connectivity index (χ4n) is 2.14. The molecule has 0 saturated heterocycles. The summed E-state index contributed by atoms with van der Waals surface area (Å²) in [5.74, 6) is -0.343. The first kappa shape index (κ1) is 14.2. The molecule has 0 amide bonds. The topological polar surface area (TPSA) is 57.2 Å². The summed E-state index contributed by atoms with van der Waals surface area (Å²) in [5.41, 5.74) is 10.1. The number of nitrogens with two attached hydrogens (primary N) is 1. The highest BCUT2D eigenvalue weighted by Crippen LogP contribution is 2.15. The number of benzene rings is 1. The second-order valence-corrected chi connectivity index (χ2v) is 4.95. The number of carbonyl (C=O) groups excluding carboxylic acids is 1. The molecule has 0 atom stereocenters. The van der Waals surface area contributed by atoms with Gasteiger partial charge < -0.3 is 15.0 Å². The lowest BCUT2D eigenvalue weighted by Crippen LogP contribution is -2.11. The summed E-state index contributed by atoms with van der Waals surface area (Å²) in [6.45, 7) is 6.95. The van der Waals surface area contributed by atoms with E-state index in [1.54, 1.807) is 16.8 Å². The van der Waals surface area contributed by atoms with Gasteiger partial charge in [0.25, 0.3) is 0 Å². The van der Waals surface area contributed by atoms with Gasteiger partial charge >= 0.3 is 5.97 Å². The van der Waals surface area contributed by atoms with Crippen LogP contribution < -0.4 is 5.73 Å². The molecule has 0 fully saturated rings. The maximum Gasteiger partial charge on any atom is 0.355 e. The normalized spacial score (nSPS) is 10.6. The fraction of sp³-hybridized carbons (Fsp3) is 0.312. The van der Waals surface area contributed by atoms with Gasteiger partial charge in [-0.2, -0.15) is 0 Å². The van der Waals surface area contributed by atoms with Gasteiger partial charge in [0.2, 0.25) is 0 Å². The Kier molecular flexibility index (Phi) is 4.13. The molecule has 0 bridgehead atoms. The summed E-state index contributed by atoms with van der Waals surface area (Å²) in [4.78, 5) is 12.1. The molecule has 0 aliphatic heterocycles. The Morgan fingerprint density at radius 2 is 2.05 bits per heavy atom. The third-order valence-corrected chi connectivity index (χ3v) is 3.33. The number of hydrogen-bond acceptors (Lipinski definition) is 3. The lowest BCUT2D eigenvalue weighted by Gasteiger charge is -2.09. The van der Waals surface area contributed by atoms with Gasteiger partial charge in [-0.1, -0.05) is 23.8 Å². The Balaban J connectivity index is 2.10. The van der Waals surface area contributed by atoms with Crippen molar-refractivity contribution in [3.05, 3.63) is 52.8 Å². The molecule has 1 aromatic carbocycles. The van der Waals surface area contributed by atoms with Crippen molar-refractivity contribution in [2.24, 2.45) is 0 Å². The molecule has 0 spiro atoms. The lowest BCUT2D eigenvalue weighted by molar-refractivity contribution is 0.0459. The smallest absolute Gasteiger partial charge is 0.355 e. The van der Waals surface area contributed by atoms with E-state index in [0.29, 0.717) is 17.9 Å². The van der Waals surface area contributed by atoms with Crippen LogP contribution in [0.4, 0.5) is 5.69 Å². The highest BCUT2D eigenvalue weighted by Gasteiger charge is 2.14. The van der Waals surface area contributed by atoms with Crippen molar-refractivity contribution >= 4 is 11.7 Å². The third-order valence-electron chi connectivity index (χ3n) is 3.33. The van der Waals surface area contributed by atoms with Gasteiger partial charge in [-0.15, -0.1) is 0 Å². The van der Waals surface area contributed by atoms with E-state index in [9.17, 15) is 4.79 Å². The van der Waals surface area contributed by atoms with Gasteiger partial charge in [-0.05, 0) is 38.0 Å². The van der Waals surface area contributed by atoms with Gasteiger partial charge in [0.05, 0.1) is 5.69 Å². The summed E-state index contributed by atoms with van der Waals surface area (Å²) in [7, 11) is 0. The van der Waals surface area contributed by atoms with Crippen LogP contribution in [0.2, 0.25) is 0 Å². The largest absolute Gasteiger partial charge is 0.456 e. The number of hydrogen-bond donors (Lipinski definition) is 1. The minimum atomic E-state index is -0.343. The van der Waals surface area contributed by atoms with Crippen molar-refractivity contribution in [3.63, 3.8) is 0 Å². The third kappa shape index (κ3) is 3.02. The van der Waals surface area contributed by atoms with E-state index in [1.165, 1.54) is 0 Å². The average Bonchev–Trinajstić information content (AvgIpc) is 2.80. The Bertz CT molecular complexity index is 629. The zero-order valence-electron chi connectivity index (χ0n) is 12.1. The Morgan fingerprint density at radius 1 is 1.30 bits per heavy atom. The summed E-state index contributed by atoms with van der Waals surface area (Å²) in [6, 6.07) is 7.76. The van der Waals surface area contributed by atoms with Crippen molar-refractivity contribution < 1.29 is 9.53 Å².